The molecule has 7 heteroatoms. The van der Waals surface area contributed by atoms with Crippen molar-refractivity contribution in [3.8, 4) is 11.4 Å². The van der Waals surface area contributed by atoms with Gasteiger partial charge < -0.3 is 9.30 Å². The van der Waals surface area contributed by atoms with Gasteiger partial charge in [0.1, 0.15) is 5.75 Å². The third-order valence-electron chi connectivity index (χ3n) is 8.59. The highest BCUT2D eigenvalue weighted by Crippen LogP contribution is 2.61. The van der Waals surface area contributed by atoms with Gasteiger partial charge in [-0.1, -0.05) is 60.1 Å². The third kappa shape index (κ3) is 3.31. The molecule has 1 fully saturated rings. The summed E-state index contributed by atoms with van der Waals surface area (Å²) in [4.78, 5) is 27.7. The first kappa shape index (κ1) is 23.9. The number of hydrazone groups is 1. The SMILES string of the molecule is COc1ccc(Cl)cc1-n1c(C)cc(/C=N\N2C(=O)[C@@H]3C4c5ccccc5C(c5ccccc54)[C@H]3C2=O)c1C. The fourth-order valence-electron chi connectivity index (χ4n) is 7.02. The van der Waals surface area contributed by atoms with E-state index in [1.807, 2.05) is 60.9 Å². The summed E-state index contributed by atoms with van der Waals surface area (Å²) in [6, 6.07) is 23.9. The van der Waals surface area contributed by atoms with Crippen LogP contribution in [0.15, 0.2) is 77.9 Å². The van der Waals surface area contributed by atoms with Crippen LogP contribution < -0.4 is 4.74 Å². The normalized spacial score (nSPS) is 22.8. The molecule has 3 aliphatic carbocycles. The van der Waals surface area contributed by atoms with E-state index in [9.17, 15) is 9.59 Å². The van der Waals surface area contributed by atoms with Crippen molar-refractivity contribution in [1.29, 1.82) is 0 Å². The van der Waals surface area contributed by atoms with Gasteiger partial charge in [-0.2, -0.15) is 10.1 Å². The van der Waals surface area contributed by atoms with Crippen molar-refractivity contribution in [1.82, 2.24) is 9.58 Å². The maximum atomic E-state index is 13.8. The summed E-state index contributed by atoms with van der Waals surface area (Å²) >= 11 is 6.29. The maximum Gasteiger partial charge on any atom is 0.254 e. The molecule has 39 heavy (non-hydrogen) atoms. The molecule has 194 valence electrons. The Bertz CT molecular complexity index is 1610. The second kappa shape index (κ2) is 8.68. The fourth-order valence-corrected chi connectivity index (χ4v) is 7.19. The summed E-state index contributed by atoms with van der Waals surface area (Å²) in [5.41, 5.74) is 8.05. The van der Waals surface area contributed by atoms with Gasteiger partial charge in [0.15, 0.2) is 0 Å². The van der Waals surface area contributed by atoms with E-state index in [0.717, 1.165) is 49.9 Å². The van der Waals surface area contributed by atoms with E-state index < -0.39 is 11.8 Å². The van der Waals surface area contributed by atoms with Gasteiger partial charge in [-0.05, 0) is 60.4 Å². The summed E-state index contributed by atoms with van der Waals surface area (Å²) in [7, 11) is 1.62. The Morgan fingerprint density at radius 1 is 0.821 bits per heavy atom. The lowest BCUT2D eigenvalue weighted by Crippen LogP contribution is -2.41. The van der Waals surface area contributed by atoms with E-state index in [0.29, 0.717) is 10.8 Å². The van der Waals surface area contributed by atoms with Gasteiger partial charge in [-0.3, -0.25) is 9.59 Å². The van der Waals surface area contributed by atoms with Gasteiger partial charge in [0, 0.05) is 33.8 Å². The molecule has 0 spiro atoms. The molecule has 0 unspecified atom stereocenters. The summed E-state index contributed by atoms with van der Waals surface area (Å²) in [6.07, 6.45) is 1.62. The van der Waals surface area contributed by atoms with Gasteiger partial charge in [-0.15, -0.1) is 0 Å². The first-order chi connectivity index (χ1) is 18.9. The largest absolute Gasteiger partial charge is 0.495 e. The number of methoxy groups -OCH3 is 1. The predicted octanol–water partition coefficient (Wildman–Crippen LogP) is 5.98. The minimum atomic E-state index is -0.451. The number of aryl methyl sites for hydroxylation is 1. The molecule has 0 radical (unpaired) electrons. The highest BCUT2D eigenvalue weighted by Gasteiger charge is 2.61. The van der Waals surface area contributed by atoms with Crippen molar-refractivity contribution in [3.05, 3.63) is 117 Å². The number of aromatic nitrogens is 1. The van der Waals surface area contributed by atoms with Crippen LogP contribution in [0.2, 0.25) is 5.02 Å². The Balaban J connectivity index is 1.27. The van der Waals surface area contributed by atoms with Crippen LogP contribution in [-0.4, -0.2) is 34.7 Å². The number of rotatable bonds is 4. The van der Waals surface area contributed by atoms with E-state index in [2.05, 4.69) is 29.4 Å². The molecule has 8 rings (SSSR count). The topological polar surface area (TPSA) is 63.9 Å². The molecule has 3 aromatic carbocycles. The highest BCUT2D eigenvalue weighted by atomic mass is 35.5. The number of halogens is 1. The molecule has 0 N–H and O–H groups in total. The number of carbonyl (C=O) groups excluding carboxylic acids is 2. The zero-order valence-electron chi connectivity index (χ0n) is 21.8. The average molecular weight is 536 g/mol. The van der Waals surface area contributed by atoms with Crippen molar-refractivity contribution >= 4 is 29.6 Å². The van der Waals surface area contributed by atoms with Crippen molar-refractivity contribution < 1.29 is 14.3 Å². The quantitative estimate of drug-likeness (QED) is 0.238. The lowest BCUT2D eigenvalue weighted by Gasteiger charge is -2.45. The fraction of sp³-hybridized carbons (Fsp3) is 0.219. The first-order valence-corrected chi connectivity index (χ1v) is 13.4. The molecule has 4 aliphatic rings. The molecule has 1 aliphatic heterocycles. The van der Waals surface area contributed by atoms with Crippen molar-refractivity contribution in [2.75, 3.05) is 7.11 Å². The molecule has 2 bridgehead atoms. The Labute approximate surface area is 231 Å². The molecule has 0 saturated carbocycles. The van der Waals surface area contributed by atoms with E-state index in [1.165, 1.54) is 0 Å². The van der Waals surface area contributed by atoms with Crippen LogP contribution in [0.4, 0.5) is 0 Å². The lowest BCUT2D eigenvalue weighted by atomic mass is 9.55. The number of nitrogens with zero attached hydrogens (tertiary/aromatic N) is 3. The number of imide groups is 1. The van der Waals surface area contributed by atoms with Crippen LogP contribution >= 0.6 is 11.6 Å². The van der Waals surface area contributed by atoms with Crippen LogP contribution in [0.1, 0.15) is 51.0 Å². The standard InChI is InChI=1S/C32H26ClN3O3/c1-17-14-19(18(2)35(17)25-15-20(33)12-13-26(25)39-3)16-34-36-31(37)29-27-21-8-4-5-9-22(21)28(30(29)32(36)38)24-11-7-6-10-23(24)27/h4-16,27-30H,1-3H3/b34-16-/t27?,28?,29-,30-/m1/s1. The van der Waals surface area contributed by atoms with E-state index in [4.69, 9.17) is 16.3 Å². The monoisotopic (exact) mass is 535 g/mol. The molecule has 2 heterocycles. The Morgan fingerprint density at radius 2 is 1.36 bits per heavy atom. The zero-order valence-corrected chi connectivity index (χ0v) is 22.5. The van der Waals surface area contributed by atoms with Gasteiger partial charge in [0.25, 0.3) is 11.8 Å². The molecular formula is C32H26ClN3O3. The van der Waals surface area contributed by atoms with Crippen LogP contribution in [0.25, 0.3) is 5.69 Å². The summed E-state index contributed by atoms with van der Waals surface area (Å²) < 4.78 is 7.60. The van der Waals surface area contributed by atoms with Crippen LogP contribution in [-0.2, 0) is 9.59 Å². The van der Waals surface area contributed by atoms with Gasteiger partial charge in [0.2, 0.25) is 0 Å². The summed E-state index contributed by atoms with van der Waals surface area (Å²) in [6.45, 7) is 3.95. The number of carbonyl (C=O) groups is 2. The summed E-state index contributed by atoms with van der Waals surface area (Å²) in [5, 5.41) is 6.22. The molecule has 1 aromatic heterocycles. The molecule has 2 atom stereocenters. The number of amides is 2. The zero-order chi connectivity index (χ0) is 27.0. The molecule has 1 saturated heterocycles. The first-order valence-electron chi connectivity index (χ1n) is 13.0. The second-order valence-electron chi connectivity index (χ2n) is 10.5. The Hall–Kier alpha value is -4.16. The Morgan fingerprint density at radius 3 is 1.87 bits per heavy atom. The predicted molar refractivity (Wildman–Crippen MR) is 150 cm³/mol. The highest BCUT2D eigenvalue weighted by molar-refractivity contribution is 6.30. The number of hydrogen-bond acceptors (Lipinski definition) is 4. The number of benzene rings is 3. The minimum absolute atomic E-state index is 0.149. The van der Waals surface area contributed by atoms with Gasteiger partial charge >= 0.3 is 0 Å². The summed E-state index contributed by atoms with van der Waals surface area (Å²) in [5.74, 6) is -0.974. The van der Waals surface area contributed by atoms with E-state index >= 15 is 0 Å². The average Bonchev–Trinajstić information content (AvgIpc) is 3.38. The third-order valence-corrected chi connectivity index (χ3v) is 8.82. The smallest absolute Gasteiger partial charge is 0.254 e. The lowest BCUT2D eigenvalue weighted by molar-refractivity contribution is -0.139. The van der Waals surface area contributed by atoms with E-state index in [-0.39, 0.29) is 23.7 Å². The number of hydrogen-bond donors (Lipinski definition) is 0. The Kier molecular flexibility index (Phi) is 5.32. The second-order valence-corrected chi connectivity index (χ2v) is 10.9. The van der Waals surface area contributed by atoms with Gasteiger partial charge in [0.05, 0.1) is 30.8 Å². The van der Waals surface area contributed by atoms with Crippen molar-refractivity contribution in [2.24, 2.45) is 16.9 Å². The van der Waals surface area contributed by atoms with E-state index in [1.54, 1.807) is 19.4 Å². The maximum absolute atomic E-state index is 13.8. The van der Waals surface area contributed by atoms with Gasteiger partial charge in [-0.25, -0.2) is 0 Å². The van der Waals surface area contributed by atoms with Crippen molar-refractivity contribution in [2.45, 2.75) is 25.7 Å². The molecule has 6 nitrogen and oxygen atoms in total. The van der Waals surface area contributed by atoms with Crippen molar-refractivity contribution in [3.63, 3.8) is 0 Å². The molecule has 2 amide bonds. The van der Waals surface area contributed by atoms with Crippen LogP contribution in [0.5, 0.6) is 5.75 Å². The number of ether oxygens (including phenoxy) is 1. The minimum Gasteiger partial charge on any atom is -0.495 e. The van der Waals surface area contributed by atoms with Crippen LogP contribution in [0.3, 0.4) is 0 Å². The molecule has 4 aromatic rings. The molecular weight excluding hydrogens is 510 g/mol. The van der Waals surface area contributed by atoms with Crippen LogP contribution in [0, 0.1) is 25.7 Å².